The molecule has 0 aliphatic carbocycles. The number of amides is 4. The number of hydrogen-bond acceptors (Lipinski definition) is 9. The van der Waals surface area contributed by atoms with E-state index in [9.17, 15) is 34.2 Å². The number of aliphatic hydroxyl groups is 1. The lowest BCUT2D eigenvalue weighted by molar-refractivity contribution is -0.145. The highest BCUT2D eigenvalue weighted by Gasteiger charge is 2.32. The monoisotopic (exact) mass is 527 g/mol. The molecule has 1 aromatic carbocycles. The Labute approximate surface area is 212 Å². The van der Waals surface area contributed by atoms with Crippen LogP contribution in [0.25, 0.3) is 0 Å². The number of nitrogens with two attached hydrogens (primary N) is 2. The van der Waals surface area contributed by atoms with E-state index in [-0.39, 0.29) is 18.6 Å². The van der Waals surface area contributed by atoms with Crippen LogP contribution in [-0.2, 0) is 30.4 Å². The first-order valence-electron chi connectivity index (χ1n) is 11.0. The van der Waals surface area contributed by atoms with Crippen molar-refractivity contribution in [2.75, 3.05) is 12.0 Å². The van der Waals surface area contributed by atoms with Crippen molar-refractivity contribution in [1.82, 2.24) is 16.0 Å². The summed E-state index contributed by atoms with van der Waals surface area (Å²) in [5.74, 6) is -4.44. The lowest BCUT2D eigenvalue weighted by Crippen LogP contribution is -2.59. The molecule has 36 heavy (non-hydrogen) atoms. The highest BCUT2D eigenvalue weighted by atomic mass is 32.2. The van der Waals surface area contributed by atoms with Gasteiger partial charge in [0.2, 0.25) is 23.6 Å². The van der Waals surface area contributed by atoms with E-state index in [4.69, 9.17) is 16.6 Å². The molecule has 13 nitrogen and oxygen atoms in total. The van der Waals surface area contributed by atoms with Crippen molar-refractivity contribution in [1.29, 1.82) is 0 Å². The normalized spacial score (nSPS) is 15.0. The average molecular weight is 528 g/mol. The van der Waals surface area contributed by atoms with Crippen LogP contribution >= 0.6 is 11.8 Å². The molecule has 10 N–H and O–H groups in total. The zero-order valence-corrected chi connectivity index (χ0v) is 20.8. The van der Waals surface area contributed by atoms with Crippen molar-refractivity contribution in [3.63, 3.8) is 0 Å². The molecule has 0 spiro atoms. The van der Waals surface area contributed by atoms with E-state index in [0.717, 1.165) is 6.92 Å². The molecule has 1 aromatic rings. The Bertz CT molecular complexity index is 928. The third-order valence-electron chi connectivity index (χ3n) is 5.06. The van der Waals surface area contributed by atoms with Gasteiger partial charge in [-0.05, 0) is 49.5 Å². The number of carbonyl (C=O) groups is 5. The van der Waals surface area contributed by atoms with Gasteiger partial charge < -0.3 is 42.7 Å². The molecular weight excluding hydrogens is 494 g/mol. The van der Waals surface area contributed by atoms with Gasteiger partial charge in [0.1, 0.15) is 17.8 Å². The largest absolute Gasteiger partial charge is 0.508 e. The summed E-state index contributed by atoms with van der Waals surface area (Å²) in [6, 6.07) is 0.730. The summed E-state index contributed by atoms with van der Waals surface area (Å²) >= 11 is 1.40. The molecule has 0 bridgehead atoms. The van der Waals surface area contributed by atoms with Gasteiger partial charge >= 0.3 is 5.97 Å². The number of thioether (sulfide) groups is 1. The van der Waals surface area contributed by atoms with Gasteiger partial charge in [-0.3, -0.25) is 19.2 Å². The summed E-state index contributed by atoms with van der Waals surface area (Å²) in [4.78, 5) is 61.0. The van der Waals surface area contributed by atoms with Crippen molar-refractivity contribution < 1.29 is 39.3 Å². The van der Waals surface area contributed by atoms with Gasteiger partial charge in [-0.25, -0.2) is 4.79 Å². The molecule has 0 radical (unpaired) electrons. The number of aliphatic hydroxyl groups excluding tert-OH is 1. The van der Waals surface area contributed by atoms with Crippen LogP contribution in [0.2, 0.25) is 0 Å². The van der Waals surface area contributed by atoms with Gasteiger partial charge in [0.15, 0.2) is 6.04 Å². The SMILES string of the molecule is CSCCC(NC(=O)C(N)Cc1ccc(O)cc1)C(=O)NC(CC(N)=O)C(=O)NC(C(=O)O)C(C)O. The minimum atomic E-state index is -1.69. The summed E-state index contributed by atoms with van der Waals surface area (Å²) in [5, 5.41) is 35.0. The van der Waals surface area contributed by atoms with Crippen molar-refractivity contribution in [3.05, 3.63) is 29.8 Å². The molecule has 5 atom stereocenters. The fraction of sp³-hybridized carbons (Fsp3) is 0.500. The number of hydrogen-bond donors (Lipinski definition) is 8. The second kappa shape index (κ2) is 14.9. The van der Waals surface area contributed by atoms with E-state index >= 15 is 0 Å². The van der Waals surface area contributed by atoms with Crippen LogP contribution in [0.4, 0.5) is 0 Å². The Morgan fingerprint density at radius 1 is 0.972 bits per heavy atom. The van der Waals surface area contributed by atoms with Crippen molar-refractivity contribution in [2.24, 2.45) is 11.5 Å². The van der Waals surface area contributed by atoms with E-state index in [1.807, 2.05) is 0 Å². The number of phenols is 1. The number of aliphatic carboxylic acids is 1. The molecule has 200 valence electrons. The highest BCUT2D eigenvalue weighted by molar-refractivity contribution is 7.98. The van der Waals surface area contributed by atoms with Gasteiger partial charge in [0.05, 0.1) is 18.6 Å². The Morgan fingerprint density at radius 2 is 1.53 bits per heavy atom. The van der Waals surface area contributed by atoms with Crippen LogP contribution in [0.5, 0.6) is 5.75 Å². The number of rotatable bonds is 15. The van der Waals surface area contributed by atoms with Gasteiger partial charge in [-0.1, -0.05) is 12.1 Å². The van der Waals surface area contributed by atoms with Gasteiger partial charge in [-0.2, -0.15) is 11.8 Å². The first-order chi connectivity index (χ1) is 16.8. The number of phenolic OH excluding ortho intramolecular Hbond substituents is 1. The maximum atomic E-state index is 13.0. The molecule has 1 rings (SSSR count). The summed E-state index contributed by atoms with van der Waals surface area (Å²) in [5.41, 5.74) is 11.8. The molecule has 14 heteroatoms. The zero-order chi connectivity index (χ0) is 27.4. The van der Waals surface area contributed by atoms with Crippen molar-refractivity contribution >= 4 is 41.4 Å². The van der Waals surface area contributed by atoms with E-state index in [1.165, 1.54) is 23.9 Å². The Hall–Kier alpha value is -3.36. The van der Waals surface area contributed by atoms with Crippen molar-refractivity contribution in [3.8, 4) is 5.75 Å². The summed E-state index contributed by atoms with van der Waals surface area (Å²) in [6.07, 6.45) is -0.0151. The van der Waals surface area contributed by atoms with Crippen LogP contribution in [0.15, 0.2) is 24.3 Å². The molecule has 0 aromatic heterocycles. The predicted octanol–water partition coefficient (Wildman–Crippen LogP) is -2.19. The summed E-state index contributed by atoms with van der Waals surface area (Å²) < 4.78 is 0. The molecule has 0 saturated heterocycles. The number of primary amides is 1. The van der Waals surface area contributed by atoms with Gasteiger partial charge in [0, 0.05) is 0 Å². The molecule has 0 aliphatic heterocycles. The summed E-state index contributed by atoms with van der Waals surface area (Å²) in [7, 11) is 0. The Morgan fingerprint density at radius 3 is 2.03 bits per heavy atom. The third-order valence-corrected chi connectivity index (χ3v) is 5.70. The number of nitrogens with one attached hydrogen (secondary N) is 3. The predicted molar refractivity (Wildman–Crippen MR) is 132 cm³/mol. The van der Waals surface area contributed by atoms with Crippen LogP contribution in [0.1, 0.15) is 25.3 Å². The van der Waals surface area contributed by atoms with E-state index < -0.39 is 66.3 Å². The lowest BCUT2D eigenvalue weighted by Gasteiger charge is -2.25. The smallest absolute Gasteiger partial charge is 0.328 e. The number of carboxylic acid groups (broad SMARTS) is 1. The van der Waals surface area contributed by atoms with Crippen LogP contribution < -0.4 is 27.4 Å². The number of benzene rings is 1. The van der Waals surface area contributed by atoms with E-state index in [0.29, 0.717) is 11.3 Å². The second-order valence-corrected chi connectivity index (χ2v) is 9.10. The first-order valence-corrected chi connectivity index (χ1v) is 12.4. The highest BCUT2D eigenvalue weighted by Crippen LogP contribution is 2.11. The fourth-order valence-electron chi connectivity index (χ4n) is 3.09. The Balaban J connectivity index is 2.95. The molecule has 0 aliphatic rings. The third kappa shape index (κ3) is 10.5. The van der Waals surface area contributed by atoms with Crippen molar-refractivity contribution in [2.45, 2.75) is 56.5 Å². The molecule has 4 amide bonds. The molecular formula is C22H33N5O8S. The minimum absolute atomic E-state index is 0.0586. The fourth-order valence-corrected chi connectivity index (χ4v) is 3.56. The minimum Gasteiger partial charge on any atom is -0.508 e. The van der Waals surface area contributed by atoms with Crippen LogP contribution in [0.3, 0.4) is 0 Å². The maximum Gasteiger partial charge on any atom is 0.328 e. The molecule has 0 fully saturated rings. The molecule has 0 heterocycles. The van der Waals surface area contributed by atoms with Crippen LogP contribution in [0, 0.1) is 0 Å². The Kier molecular flexibility index (Phi) is 12.7. The van der Waals surface area contributed by atoms with Gasteiger partial charge in [0.25, 0.3) is 0 Å². The maximum absolute atomic E-state index is 13.0. The second-order valence-electron chi connectivity index (χ2n) is 8.12. The first kappa shape index (κ1) is 30.7. The number of carbonyl (C=O) groups excluding carboxylic acids is 4. The molecule has 5 unspecified atom stereocenters. The zero-order valence-electron chi connectivity index (χ0n) is 20.0. The quantitative estimate of drug-likeness (QED) is 0.123. The van der Waals surface area contributed by atoms with Gasteiger partial charge in [-0.15, -0.1) is 0 Å². The topological polar surface area (TPSA) is 234 Å². The summed E-state index contributed by atoms with van der Waals surface area (Å²) in [6.45, 7) is 1.15. The average Bonchev–Trinajstić information content (AvgIpc) is 2.79. The standard InChI is InChI=1S/C22H33N5O8S/c1-11(28)18(22(34)35)27-21(33)16(10-17(24)30)26-20(32)15(7-8-36-2)25-19(31)14(23)9-12-3-5-13(29)6-4-12/h3-6,11,14-16,18,28-29H,7-10,23H2,1-2H3,(H2,24,30)(H,25,31)(H,26,32)(H,27,33)(H,34,35). The lowest BCUT2D eigenvalue weighted by atomic mass is 10.0. The van der Waals surface area contributed by atoms with E-state index in [2.05, 4.69) is 16.0 Å². The van der Waals surface area contributed by atoms with E-state index in [1.54, 1.807) is 18.4 Å². The molecule has 0 saturated carbocycles. The number of carboxylic acids is 1. The number of aromatic hydroxyl groups is 1. The van der Waals surface area contributed by atoms with Crippen LogP contribution in [-0.4, -0.2) is 87.2 Å².